The molecule has 2 atom stereocenters. The van der Waals surface area contributed by atoms with Crippen LogP contribution in [-0.4, -0.2) is 34.9 Å². The van der Waals surface area contributed by atoms with E-state index in [1.807, 2.05) is 6.26 Å². The fraction of sp³-hybridized carbons (Fsp3) is 0.556. The lowest BCUT2D eigenvalue weighted by Crippen LogP contribution is -2.56. The van der Waals surface area contributed by atoms with Gasteiger partial charge in [-0.2, -0.15) is 11.8 Å². The van der Waals surface area contributed by atoms with Crippen LogP contribution in [0, 0.1) is 5.92 Å². The fourth-order valence-corrected chi connectivity index (χ4v) is 1.94. The highest BCUT2D eigenvalue weighted by Crippen LogP contribution is 2.21. The first kappa shape index (κ1) is 13.2. The minimum absolute atomic E-state index is 0.305. The lowest BCUT2D eigenvalue weighted by atomic mass is 9.85. The van der Waals surface area contributed by atoms with E-state index in [2.05, 4.69) is 6.58 Å². The zero-order valence-corrected chi connectivity index (χ0v) is 8.92. The maximum atomic E-state index is 10.8. The van der Waals surface area contributed by atoms with Crippen LogP contribution < -0.4 is 5.73 Å². The molecular weight excluding hydrogens is 202 g/mol. The highest BCUT2D eigenvalue weighted by molar-refractivity contribution is 7.98. The molecular formula is C9H15NO3S. The van der Waals surface area contributed by atoms with Crippen LogP contribution in [0.2, 0.25) is 0 Å². The van der Waals surface area contributed by atoms with Gasteiger partial charge in [0.05, 0.1) is 0 Å². The van der Waals surface area contributed by atoms with Gasteiger partial charge in [0.2, 0.25) is 0 Å². The lowest BCUT2D eigenvalue weighted by molar-refractivity contribution is -0.147. The monoisotopic (exact) mass is 217 g/mol. The van der Waals surface area contributed by atoms with E-state index in [0.29, 0.717) is 18.5 Å². The number of carboxylic acids is 1. The Bertz CT molecular complexity index is 232. The minimum Gasteiger partial charge on any atom is -0.480 e. The van der Waals surface area contributed by atoms with Gasteiger partial charge in [-0.15, -0.1) is 6.58 Å². The summed E-state index contributed by atoms with van der Waals surface area (Å²) < 4.78 is 0. The molecule has 0 aromatic heterocycles. The van der Waals surface area contributed by atoms with Crippen molar-refractivity contribution in [3.63, 3.8) is 0 Å². The molecule has 0 bridgehead atoms. The highest BCUT2D eigenvalue weighted by Gasteiger charge is 2.41. The van der Waals surface area contributed by atoms with Crippen LogP contribution in [-0.2, 0) is 9.59 Å². The second-order valence-corrected chi connectivity index (χ2v) is 3.94. The Kier molecular flexibility index (Phi) is 5.49. The summed E-state index contributed by atoms with van der Waals surface area (Å²) in [6.45, 7) is 3.52. The summed E-state index contributed by atoms with van der Waals surface area (Å²) in [6, 6.07) is 0. The van der Waals surface area contributed by atoms with Crippen LogP contribution in [0.25, 0.3) is 0 Å². The van der Waals surface area contributed by atoms with Crippen molar-refractivity contribution in [2.75, 3.05) is 12.0 Å². The van der Waals surface area contributed by atoms with Crippen LogP contribution in [0.5, 0.6) is 0 Å². The molecule has 2 unspecified atom stereocenters. The number of hydrogen-bond donors (Lipinski definition) is 2. The molecule has 0 aliphatic heterocycles. The molecule has 0 radical (unpaired) electrons. The summed E-state index contributed by atoms with van der Waals surface area (Å²) >= 11 is 1.46. The van der Waals surface area contributed by atoms with Gasteiger partial charge in [-0.3, -0.25) is 0 Å². The molecule has 14 heavy (non-hydrogen) atoms. The first-order valence-electron chi connectivity index (χ1n) is 4.11. The van der Waals surface area contributed by atoms with Gasteiger partial charge in [-0.1, -0.05) is 6.08 Å². The van der Waals surface area contributed by atoms with E-state index < -0.39 is 17.4 Å². The van der Waals surface area contributed by atoms with E-state index in [4.69, 9.17) is 10.8 Å². The third kappa shape index (κ3) is 2.85. The molecule has 5 heteroatoms. The van der Waals surface area contributed by atoms with Gasteiger partial charge in [0.15, 0.2) is 11.8 Å². The molecule has 0 fully saturated rings. The van der Waals surface area contributed by atoms with Crippen molar-refractivity contribution in [2.24, 2.45) is 11.7 Å². The Morgan fingerprint density at radius 2 is 2.36 bits per heavy atom. The second kappa shape index (κ2) is 5.82. The normalized spacial score (nSPS) is 16.7. The summed E-state index contributed by atoms with van der Waals surface area (Å²) in [5, 5.41) is 8.86. The molecule has 80 valence electrons. The molecule has 0 rings (SSSR count). The molecule has 0 aromatic carbocycles. The quantitative estimate of drug-likeness (QED) is 0.369. The number of carboxylic acid groups (broad SMARTS) is 1. The Morgan fingerprint density at radius 1 is 1.79 bits per heavy atom. The van der Waals surface area contributed by atoms with Crippen molar-refractivity contribution in [1.82, 2.24) is 0 Å². The smallest absolute Gasteiger partial charge is 0.331 e. The van der Waals surface area contributed by atoms with Crippen molar-refractivity contribution < 1.29 is 14.7 Å². The van der Waals surface area contributed by atoms with E-state index >= 15 is 0 Å². The maximum absolute atomic E-state index is 10.8. The van der Waals surface area contributed by atoms with Crippen LogP contribution in [0.15, 0.2) is 12.7 Å². The SMILES string of the molecule is C=CCC(CSC)C(N)(C=O)C(=O)O. The van der Waals surface area contributed by atoms with Gasteiger partial charge in [-0.05, 0) is 18.4 Å². The first-order valence-corrected chi connectivity index (χ1v) is 5.50. The van der Waals surface area contributed by atoms with Crippen molar-refractivity contribution >= 4 is 24.0 Å². The highest BCUT2D eigenvalue weighted by atomic mass is 32.2. The van der Waals surface area contributed by atoms with Gasteiger partial charge in [-0.25, -0.2) is 4.79 Å². The Labute approximate surface area is 87.5 Å². The third-order valence-corrected chi connectivity index (χ3v) is 2.80. The van der Waals surface area contributed by atoms with Gasteiger partial charge in [0, 0.05) is 5.92 Å². The fourth-order valence-electron chi connectivity index (χ4n) is 1.12. The van der Waals surface area contributed by atoms with Crippen LogP contribution >= 0.6 is 11.8 Å². The number of rotatable bonds is 7. The van der Waals surface area contributed by atoms with Crippen LogP contribution in [0.1, 0.15) is 6.42 Å². The molecule has 4 nitrogen and oxygen atoms in total. The Hall–Kier alpha value is -0.810. The Balaban J connectivity index is 4.80. The summed E-state index contributed by atoms with van der Waals surface area (Å²) in [4.78, 5) is 21.6. The van der Waals surface area contributed by atoms with Gasteiger partial charge in [0.25, 0.3) is 0 Å². The molecule has 0 aromatic rings. The van der Waals surface area contributed by atoms with Crippen LogP contribution in [0.3, 0.4) is 0 Å². The minimum atomic E-state index is -1.79. The zero-order valence-electron chi connectivity index (χ0n) is 8.10. The zero-order chi connectivity index (χ0) is 11.2. The van der Waals surface area contributed by atoms with E-state index in [1.165, 1.54) is 11.8 Å². The van der Waals surface area contributed by atoms with E-state index in [1.54, 1.807) is 6.08 Å². The average Bonchev–Trinajstić information content (AvgIpc) is 2.16. The van der Waals surface area contributed by atoms with Crippen molar-refractivity contribution in [3.05, 3.63) is 12.7 Å². The molecule has 0 amide bonds. The topological polar surface area (TPSA) is 80.4 Å². The van der Waals surface area contributed by atoms with Gasteiger partial charge < -0.3 is 15.6 Å². The number of nitrogens with two attached hydrogens (primary N) is 1. The number of thioether (sulfide) groups is 1. The summed E-state index contributed by atoms with van der Waals surface area (Å²) in [7, 11) is 0. The second-order valence-electron chi connectivity index (χ2n) is 3.03. The van der Waals surface area contributed by atoms with Crippen LogP contribution in [0.4, 0.5) is 0 Å². The lowest BCUT2D eigenvalue weighted by Gasteiger charge is -2.27. The standard InChI is InChI=1S/C9H15NO3S/c1-3-4-7(5-14-2)9(10,6-11)8(12)13/h3,6-7H,1,4-5,10H2,2H3,(H,12,13). The van der Waals surface area contributed by atoms with E-state index in [0.717, 1.165) is 0 Å². The molecule has 0 aliphatic carbocycles. The number of carbonyl (C=O) groups is 2. The number of aliphatic carboxylic acids is 1. The summed E-state index contributed by atoms with van der Waals surface area (Å²) in [6.07, 6.45) is 4.14. The number of carbonyl (C=O) groups excluding carboxylic acids is 1. The van der Waals surface area contributed by atoms with E-state index in [9.17, 15) is 9.59 Å². The molecule has 0 spiro atoms. The predicted octanol–water partition coefficient (Wildman–Crippen LogP) is 0.523. The average molecular weight is 217 g/mol. The summed E-state index contributed by atoms with van der Waals surface area (Å²) in [5.74, 6) is -1.17. The molecule has 3 N–H and O–H groups in total. The van der Waals surface area contributed by atoms with Crippen molar-refractivity contribution in [3.8, 4) is 0 Å². The number of aldehydes is 1. The van der Waals surface area contributed by atoms with Crippen molar-refractivity contribution in [2.45, 2.75) is 12.0 Å². The molecule has 0 saturated heterocycles. The van der Waals surface area contributed by atoms with Gasteiger partial charge >= 0.3 is 5.97 Å². The molecule has 0 aliphatic rings. The van der Waals surface area contributed by atoms with Gasteiger partial charge in [0.1, 0.15) is 0 Å². The molecule has 0 heterocycles. The first-order chi connectivity index (χ1) is 6.52. The third-order valence-electron chi connectivity index (χ3n) is 2.06. The maximum Gasteiger partial charge on any atom is 0.331 e. The Morgan fingerprint density at radius 3 is 2.64 bits per heavy atom. The van der Waals surface area contributed by atoms with E-state index in [-0.39, 0.29) is 0 Å². The number of allylic oxidation sites excluding steroid dienone is 1. The summed E-state index contributed by atoms with van der Waals surface area (Å²) in [5.41, 5.74) is 3.73. The van der Waals surface area contributed by atoms with Crippen molar-refractivity contribution in [1.29, 1.82) is 0 Å². The number of hydrogen-bond acceptors (Lipinski definition) is 4. The largest absolute Gasteiger partial charge is 0.480 e. The predicted molar refractivity (Wildman–Crippen MR) is 57.3 cm³/mol. The molecule has 0 saturated carbocycles.